The molecule has 0 aliphatic heterocycles. The number of benzene rings is 1. The van der Waals surface area contributed by atoms with E-state index in [4.69, 9.17) is 5.73 Å². The van der Waals surface area contributed by atoms with E-state index in [9.17, 15) is 4.79 Å². The first-order valence-corrected chi connectivity index (χ1v) is 9.47. The van der Waals surface area contributed by atoms with Gasteiger partial charge in [0.05, 0.1) is 11.5 Å². The summed E-state index contributed by atoms with van der Waals surface area (Å²) in [6, 6.07) is 9.19. The van der Waals surface area contributed by atoms with E-state index in [1.54, 1.807) is 37.5 Å². The van der Waals surface area contributed by atoms with Crippen LogP contribution in [0.3, 0.4) is 0 Å². The number of allylic oxidation sites excluding steroid dienone is 4. The Hall–Kier alpha value is -3.54. The van der Waals surface area contributed by atoms with Crippen LogP contribution in [-0.2, 0) is 11.2 Å². The first kappa shape index (κ1) is 18.8. The molecule has 4 rings (SSSR count). The molecule has 0 spiro atoms. The SMILES string of the molecule is CCc1[nH]cc(C2C=CC(c3nccc(C)n3)=C(F)C2=O)c1-c1ccc(N)cc1. The summed E-state index contributed by atoms with van der Waals surface area (Å²) in [4.78, 5) is 24.5. The van der Waals surface area contributed by atoms with Gasteiger partial charge in [0, 0.05) is 35.0 Å². The molecule has 2 aromatic heterocycles. The highest BCUT2D eigenvalue weighted by Gasteiger charge is 2.32. The van der Waals surface area contributed by atoms with Crippen LogP contribution in [0.4, 0.5) is 10.1 Å². The van der Waals surface area contributed by atoms with Crippen molar-refractivity contribution in [1.29, 1.82) is 0 Å². The second kappa shape index (κ2) is 7.47. The third-order valence-corrected chi connectivity index (χ3v) is 5.11. The lowest BCUT2D eigenvalue weighted by atomic mass is 9.85. The summed E-state index contributed by atoms with van der Waals surface area (Å²) in [5, 5.41) is 0. The zero-order valence-electron chi connectivity index (χ0n) is 16.2. The molecule has 1 unspecified atom stereocenters. The number of hydrogen-bond acceptors (Lipinski definition) is 4. The summed E-state index contributed by atoms with van der Waals surface area (Å²) in [7, 11) is 0. The fourth-order valence-corrected chi connectivity index (χ4v) is 3.62. The Labute approximate surface area is 168 Å². The van der Waals surface area contributed by atoms with Gasteiger partial charge in [-0.3, -0.25) is 4.79 Å². The van der Waals surface area contributed by atoms with Crippen molar-refractivity contribution in [3.63, 3.8) is 0 Å². The molecule has 0 amide bonds. The Bertz CT molecular complexity index is 1140. The Morgan fingerprint density at radius 3 is 2.66 bits per heavy atom. The molecule has 1 atom stereocenters. The van der Waals surface area contributed by atoms with Crippen LogP contribution in [-0.4, -0.2) is 20.7 Å². The maximum Gasteiger partial charge on any atom is 0.203 e. The van der Waals surface area contributed by atoms with E-state index in [-0.39, 0.29) is 11.4 Å². The maximum absolute atomic E-state index is 15.0. The molecule has 5 nitrogen and oxygen atoms in total. The summed E-state index contributed by atoms with van der Waals surface area (Å²) in [6.07, 6.45) is 7.42. The molecule has 29 heavy (non-hydrogen) atoms. The van der Waals surface area contributed by atoms with E-state index in [0.29, 0.717) is 11.4 Å². The van der Waals surface area contributed by atoms with Crippen LogP contribution in [0.2, 0.25) is 0 Å². The van der Waals surface area contributed by atoms with Crippen molar-refractivity contribution in [3.05, 3.63) is 83.5 Å². The van der Waals surface area contributed by atoms with Gasteiger partial charge in [-0.2, -0.15) is 0 Å². The molecule has 3 N–H and O–H groups in total. The summed E-state index contributed by atoms with van der Waals surface area (Å²) >= 11 is 0. The number of nitrogens with two attached hydrogens (primary N) is 1. The smallest absolute Gasteiger partial charge is 0.203 e. The van der Waals surface area contributed by atoms with Crippen LogP contribution in [0.1, 0.15) is 35.6 Å². The number of carbonyl (C=O) groups excluding carboxylic acids is 1. The Balaban J connectivity index is 1.76. The normalized spacial score (nSPS) is 16.5. The van der Waals surface area contributed by atoms with E-state index >= 15 is 4.39 Å². The standard InChI is InChI=1S/C23H21FN4O/c1-3-19-20(14-4-6-15(25)7-5-14)18(12-27-19)16-8-9-17(21(24)22(16)29)23-26-11-10-13(2)28-23/h4-12,16,27H,3,25H2,1-2H3. The number of nitrogens with one attached hydrogen (secondary N) is 1. The van der Waals surface area contributed by atoms with Crippen molar-refractivity contribution in [2.24, 2.45) is 0 Å². The molecule has 0 radical (unpaired) electrons. The molecule has 1 aliphatic rings. The number of nitrogens with zero attached hydrogens (tertiary/aromatic N) is 2. The summed E-state index contributed by atoms with van der Waals surface area (Å²) < 4.78 is 15.0. The van der Waals surface area contributed by atoms with Gasteiger partial charge in [0.1, 0.15) is 0 Å². The molecule has 0 saturated carbocycles. The first-order chi connectivity index (χ1) is 14.0. The summed E-state index contributed by atoms with van der Waals surface area (Å²) in [5.41, 5.74) is 10.9. The van der Waals surface area contributed by atoms with Gasteiger partial charge in [-0.25, -0.2) is 14.4 Å². The fourth-order valence-electron chi connectivity index (χ4n) is 3.62. The van der Waals surface area contributed by atoms with Crippen LogP contribution >= 0.6 is 0 Å². The van der Waals surface area contributed by atoms with E-state index in [0.717, 1.165) is 28.8 Å². The van der Waals surface area contributed by atoms with Crippen molar-refractivity contribution < 1.29 is 9.18 Å². The predicted molar refractivity (Wildman–Crippen MR) is 112 cm³/mol. The highest BCUT2D eigenvalue weighted by atomic mass is 19.1. The zero-order valence-corrected chi connectivity index (χ0v) is 16.2. The molecule has 6 heteroatoms. The predicted octanol–water partition coefficient (Wildman–Crippen LogP) is 4.53. The van der Waals surface area contributed by atoms with Gasteiger partial charge < -0.3 is 10.7 Å². The van der Waals surface area contributed by atoms with Crippen LogP contribution in [0.25, 0.3) is 16.7 Å². The van der Waals surface area contributed by atoms with Crippen LogP contribution < -0.4 is 5.73 Å². The lowest BCUT2D eigenvalue weighted by Gasteiger charge is -2.18. The minimum absolute atomic E-state index is 0.121. The average Bonchev–Trinajstić information content (AvgIpc) is 3.14. The summed E-state index contributed by atoms with van der Waals surface area (Å²) in [5.74, 6) is -1.91. The number of aryl methyl sites for hydroxylation is 2. The van der Waals surface area contributed by atoms with Gasteiger partial charge in [0.25, 0.3) is 0 Å². The highest BCUT2D eigenvalue weighted by Crippen LogP contribution is 2.39. The van der Waals surface area contributed by atoms with Crippen molar-refractivity contribution in [2.75, 3.05) is 5.73 Å². The molecule has 0 bridgehead atoms. The van der Waals surface area contributed by atoms with Crippen molar-refractivity contribution in [1.82, 2.24) is 15.0 Å². The summed E-state index contributed by atoms with van der Waals surface area (Å²) in [6.45, 7) is 3.83. The number of ketones is 1. The highest BCUT2D eigenvalue weighted by molar-refractivity contribution is 6.09. The third kappa shape index (κ3) is 3.38. The Kier molecular flexibility index (Phi) is 4.84. The number of aromatic amines is 1. The van der Waals surface area contributed by atoms with Gasteiger partial charge in [-0.1, -0.05) is 31.2 Å². The van der Waals surface area contributed by atoms with Crippen molar-refractivity contribution in [2.45, 2.75) is 26.2 Å². The number of H-pyrrole nitrogens is 1. The minimum atomic E-state index is -0.814. The molecule has 3 aromatic rings. The molecule has 146 valence electrons. The Morgan fingerprint density at radius 2 is 1.97 bits per heavy atom. The average molecular weight is 388 g/mol. The van der Waals surface area contributed by atoms with Crippen LogP contribution in [0.5, 0.6) is 0 Å². The van der Waals surface area contributed by atoms with Crippen LogP contribution in [0, 0.1) is 6.92 Å². The zero-order chi connectivity index (χ0) is 20.5. The number of rotatable bonds is 4. The number of carbonyl (C=O) groups is 1. The first-order valence-electron chi connectivity index (χ1n) is 9.47. The quantitative estimate of drug-likeness (QED) is 0.643. The van der Waals surface area contributed by atoms with E-state index < -0.39 is 17.5 Å². The van der Waals surface area contributed by atoms with Crippen molar-refractivity contribution >= 4 is 17.0 Å². The van der Waals surface area contributed by atoms with Gasteiger partial charge in [0.2, 0.25) is 5.78 Å². The number of nitrogen functional groups attached to an aromatic ring is 1. The lowest BCUT2D eigenvalue weighted by molar-refractivity contribution is -0.117. The monoisotopic (exact) mass is 388 g/mol. The molecule has 0 saturated heterocycles. The largest absolute Gasteiger partial charge is 0.399 e. The number of hydrogen-bond donors (Lipinski definition) is 2. The molecular formula is C23H21FN4O. The van der Waals surface area contributed by atoms with Gasteiger partial charge >= 0.3 is 0 Å². The molecular weight excluding hydrogens is 367 g/mol. The van der Waals surface area contributed by atoms with Crippen molar-refractivity contribution in [3.8, 4) is 11.1 Å². The molecule has 2 heterocycles. The third-order valence-electron chi connectivity index (χ3n) is 5.11. The number of halogens is 1. The van der Waals surface area contributed by atoms with E-state index in [2.05, 4.69) is 15.0 Å². The van der Waals surface area contributed by atoms with E-state index in [1.807, 2.05) is 31.2 Å². The maximum atomic E-state index is 15.0. The molecule has 1 aliphatic carbocycles. The number of anilines is 1. The number of aromatic nitrogens is 3. The van der Waals surface area contributed by atoms with Gasteiger partial charge in [-0.15, -0.1) is 0 Å². The second-order valence-electron chi connectivity index (χ2n) is 7.02. The van der Waals surface area contributed by atoms with Gasteiger partial charge in [0.15, 0.2) is 11.7 Å². The van der Waals surface area contributed by atoms with E-state index in [1.165, 1.54) is 0 Å². The lowest BCUT2D eigenvalue weighted by Crippen LogP contribution is -2.16. The van der Waals surface area contributed by atoms with Crippen LogP contribution in [0.15, 0.2) is 60.7 Å². The fraction of sp³-hybridized carbons (Fsp3) is 0.174. The Morgan fingerprint density at radius 1 is 1.21 bits per heavy atom. The molecule has 1 aromatic carbocycles. The van der Waals surface area contributed by atoms with Gasteiger partial charge in [-0.05, 0) is 42.7 Å². The minimum Gasteiger partial charge on any atom is -0.399 e. The topological polar surface area (TPSA) is 84.7 Å². The second-order valence-corrected chi connectivity index (χ2v) is 7.02. The number of Topliss-reactive ketones (excluding diaryl/α,β-unsaturated/α-hetero) is 1. The molecule has 0 fully saturated rings.